The van der Waals surface area contributed by atoms with E-state index in [9.17, 15) is 0 Å². The minimum absolute atomic E-state index is 0. The highest BCUT2D eigenvalue weighted by atomic mass is 127. The molecule has 0 saturated carbocycles. The highest BCUT2D eigenvalue weighted by Crippen LogP contribution is 2.11. The monoisotopic (exact) mass is 489 g/mol. The van der Waals surface area contributed by atoms with Gasteiger partial charge in [0, 0.05) is 33.2 Å². The number of guanidine groups is 1. The normalized spacial score (nSPS) is 16.3. The lowest BCUT2D eigenvalue weighted by Gasteiger charge is -2.20. The molecule has 0 radical (unpaired) electrons. The van der Waals surface area contributed by atoms with E-state index in [0.717, 1.165) is 44.2 Å². The Morgan fingerprint density at radius 1 is 1.07 bits per heavy atom. The van der Waals surface area contributed by atoms with Gasteiger partial charge < -0.3 is 25.2 Å². The van der Waals surface area contributed by atoms with E-state index in [1.54, 1.807) is 7.11 Å². The summed E-state index contributed by atoms with van der Waals surface area (Å²) in [6, 6.07) is 8.22. The molecule has 1 aromatic carbocycles. The summed E-state index contributed by atoms with van der Waals surface area (Å²) in [4.78, 5) is 9.31. The van der Waals surface area contributed by atoms with Gasteiger partial charge in [0.1, 0.15) is 5.75 Å². The van der Waals surface area contributed by atoms with Crippen LogP contribution in [-0.2, 0) is 6.42 Å². The van der Waals surface area contributed by atoms with Gasteiger partial charge in [-0.2, -0.15) is 0 Å². The van der Waals surface area contributed by atoms with Gasteiger partial charge in [0.25, 0.3) is 0 Å². The maximum atomic E-state index is 5.19. The van der Waals surface area contributed by atoms with E-state index in [1.807, 2.05) is 19.2 Å². The molecule has 2 N–H and O–H groups in total. The molecular formula is C20H36IN5O. The fraction of sp³-hybridized carbons (Fsp3) is 0.650. The first-order chi connectivity index (χ1) is 12.7. The third-order valence-corrected chi connectivity index (χ3v) is 4.84. The van der Waals surface area contributed by atoms with Crippen molar-refractivity contribution < 1.29 is 4.74 Å². The molecule has 0 amide bonds. The summed E-state index contributed by atoms with van der Waals surface area (Å²) in [7, 11) is 5.73. The lowest BCUT2D eigenvalue weighted by molar-refractivity contribution is 0.274. The van der Waals surface area contributed by atoms with Gasteiger partial charge in [0.2, 0.25) is 0 Å². The number of hydrogen-bond donors (Lipinski definition) is 2. The smallest absolute Gasteiger partial charge is 0.190 e. The summed E-state index contributed by atoms with van der Waals surface area (Å²) >= 11 is 0. The van der Waals surface area contributed by atoms with Crippen molar-refractivity contribution in [3.63, 3.8) is 0 Å². The van der Waals surface area contributed by atoms with Crippen molar-refractivity contribution in [2.45, 2.75) is 19.3 Å². The number of ether oxygens (including phenoxy) is 1. The Labute approximate surface area is 181 Å². The van der Waals surface area contributed by atoms with Crippen molar-refractivity contribution >= 4 is 29.9 Å². The minimum Gasteiger partial charge on any atom is -0.497 e. The quantitative estimate of drug-likeness (QED) is 0.254. The topological polar surface area (TPSA) is 52.1 Å². The van der Waals surface area contributed by atoms with Crippen molar-refractivity contribution in [2.75, 3.05) is 67.0 Å². The Bertz CT molecular complexity index is 538. The van der Waals surface area contributed by atoms with Crippen LogP contribution < -0.4 is 15.4 Å². The van der Waals surface area contributed by atoms with Crippen LogP contribution in [0.25, 0.3) is 0 Å². The first-order valence-electron chi connectivity index (χ1n) is 9.69. The van der Waals surface area contributed by atoms with Gasteiger partial charge in [-0.1, -0.05) is 12.1 Å². The zero-order valence-corrected chi connectivity index (χ0v) is 19.4. The molecule has 0 unspecified atom stereocenters. The molecule has 0 atom stereocenters. The second-order valence-electron chi connectivity index (χ2n) is 6.88. The summed E-state index contributed by atoms with van der Waals surface area (Å²) in [5.41, 5.74) is 1.29. The summed E-state index contributed by atoms with van der Waals surface area (Å²) in [5.74, 6) is 1.78. The molecule has 2 rings (SSSR count). The third kappa shape index (κ3) is 9.62. The molecule has 0 aromatic heterocycles. The molecule has 1 saturated heterocycles. The Hall–Kier alpha value is -1.06. The molecule has 154 valence electrons. The average molecular weight is 489 g/mol. The van der Waals surface area contributed by atoms with E-state index in [4.69, 9.17) is 4.74 Å². The van der Waals surface area contributed by atoms with E-state index in [2.05, 4.69) is 44.6 Å². The Morgan fingerprint density at radius 3 is 2.52 bits per heavy atom. The van der Waals surface area contributed by atoms with E-state index >= 15 is 0 Å². The second-order valence-corrected chi connectivity index (χ2v) is 6.88. The molecule has 1 aromatic rings. The zero-order chi connectivity index (χ0) is 18.6. The van der Waals surface area contributed by atoms with Crippen LogP contribution in [0.3, 0.4) is 0 Å². The van der Waals surface area contributed by atoms with Crippen LogP contribution >= 0.6 is 24.0 Å². The predicted octanol–water partition coefficient (Wildman–Crippen LogP) is 2.05. The molecule has 27 heavy (non-hydrogen) atoms. The molecule has 0 aliphatic carbocycles. The Morgan fingerprint density at radius 2 is 1.81 bits per heavy atom. The second kappa shape index (κ2) is 14.0. The van der Waals surface area contributed by atoms with Crippen LogP contribution in [0.5, 0.6) is 5.75 Å². The van der Waals surface area contributed by atoms with Gasteiger partial charge in [-0.25, -0.2) is 0 Å². The van der Waals surface area contributed by atoms with E-state index in [1.165, 1.54) is 38.2 Å². The van der Waals surface area contributed by atoms with Crippen molar-refractivity contribution in [3.8, 4) is 5.75 Å². The molecule has 6 nitrogen and oxygen atoms in total. The number of hydrogen-bond acceptors (Lipinski definition) is 4. The van der Waals surface area contributed by atoms with Gasteiger partial charge in [-0.3, -0.25) is 4.99 Å². The average Bonchev–Trinajstić information content (AvgIpc) is 2.88. The van der Waals surface area contributed by atoms with Gasteiger partial charge in [-0.15, -0.1) is 24.0 Å². The number of methoxy groups -OCH3 is 1. The van der Waals surface area contributed by atoms with Crippen molar-refractivity contribution in [1.29, 1.82) is 0 Å². The number of likely N-dealkylation sites (N-methyl/N-ethyl adjacent to an activating group) is 1. The first kappa shape index (κ1) is 24.0. The number of aliphatic imine (C=N–C) groups is 1. The van der Waals surface area contributed by atoms with Crippen LogP contribution in [0.4, 0.5) is 0 Å². The van der Waals surface area contributed by atoms with Crippen molar-refractivity contribution in [1.82, 2.24) is 20.4 Å². The Balaban J connectivity index is 0.00000364. The van der Waals surface area contributed by atoms with Crippen LogP contribution in [0, 0.1) is 0 Å². The predicted molar refractivity (Wildman–Crippen MR) is 125 cm³/mol. The summed E-state index contributed by atoms with van der Waals surface area (Å²) in [6.07, 6.45) is 3.38. The molecule has 1 fully saturated rings. The molecule has 7 heteroatoms. The highest BCUT2D eigenvalue weighted by Gasteiger charge is 2.11. The molecule has 0 spiro atoms. The molecular weight excluding hydrogens is 453 g/mol. The maximum absolute atomic E-state index is 5.19. The van der Waals surface area contributed by atoms with Gasteiger partial charge in [0.05, 0.1) is 7.11 Å². The largest absolute Gasteiger partial charge is 0.497 e. The van der Waals surface area contributed by atoms with Crippen molar-refractivity contribution in [3.05, 3.63) is 29.8 Å². The number of halogens is 1. The molecule has 1 aliphatic rings. The number of nitrogens with zero attached hydrogens (tertiary/aromatic N) is 3. The van der Waals surface area contributed by atoms with Crippen LogP contribution in [-0.4, -0.2) is 82.8 Å². The van der Waals surface area contributed by atoms with Crippen molar-refractivity contribution in [2.24, 2.45) is 4.99 Å². The zero-order valence-electron chi connectivity index (χ0n) is 17.0. The van der Waals surface area contributed by atoms with E-state index in [-0.39, 0.29) is 24.0 Å². The van der Waals surface area contributed by atoms with E-state index in [0.29, 0.717) is 0 Å². The molecule has 0 bridgehead atoms. The maximum Gasteiger partial charge on any atom is 0.190 e. The fourth-order valence-corrected chi connectivity index (χ4v) is 3.17. The van der Waals surface area contributed by atoms with Crippen LogP contribution in [0.15, 0.2) is 29.3 Å². The summed E-state index contributed by atoms with van der Waals surface area (Å²) in [5, 5.41) is 6.81. The summed E-state index contributed by atoms with van der Waals surface area (Å²) in [6.45, 7) is 7.79. The first-order valence-corrected chi connectivity index (χ1v) is 9.69. The van der Waals surface area contributed by atoms with Gasteiger partial charge >= 0.3 is 0 Å². The molecule has 1 heterocycles. The lowest BCUT2D eigenvalue weighted by atomic mass is 10.1. The minimum atomic E-state index is 0. The molecule has 1 aliphatic heterocycles. The standard InChI is InChI=1S/C20H35N5O.HI/c1-21-20(23-12-10-18-6-8-19(26-3)9-7-18)22-11-4-14-25-15-5-13-24(2)16-17-25;/h6-9H,4-5,10-17H2,1-3H3,(H2,21,22,23);1H. The van der Waals surface area contributed by atoms with Crippen LogP contribution in [0.1, 0.15) is 18.4 Å². The third-order valence-electron chi connectivity index (χ3n) is 4.84. The number of benzene rings is 1. The number of nitrogens with one attached hydrogen (secondary N) is 2. The fourth-order valence-electron chi connectivity index (χ4n) is 3.17. The van der Waals surface area contributed by atoms with E-state index < -0.39 is 0 Å². The van der Waals surface area contributed by atoms with Gasteiger partial charge in [-0.05, 0) is 63.6 Å². The SMILES string of the molecule is CN=C(NCCCN1CCCN(C)CC1)NCCc1ccc(OC)cc1.I. The highest BCUT2D eigenvalue weighted by molar-refractivity contribution is 14.0. The van der Waals surface area contributed by atoms with Crippen LogP contribution in [0.2, 0.25) is 0 Å². The summed E-state index contributed by atoms with van der Waals surface area (Å²) < 4.78 is 5.19. The number of rotatable bonds is 8. The Kier molecular flexibility index (Phi) is 12.4. The van der Waals surface area contributed by atoms with Gasteiger partial charge in [0.15, 0.2) is 5.96 Å². The lowest BCUT2D eigenvalue weighted by Crippen LogP contribution is -2.39.